The summed E-state index contributed by atoms with van der Waals surface area (Å²) in [7, 11) is 0. The van der Waals surface area contributed by atoms with Gasteiger partial charge in [-0.3, -0.25) is 0 Å². The first kappa shape index (κ1) is 10.8. The molecule has 2 rings (SSSR count). The maximum Gasteiger partial charge on any atom is 0.182 e. The zero-order chi connectivity index (χ0) is 9.26. The van der Waals surface area contributed by atoms with E-state index < -0.39 is 0 Å². The Hall–Kier alpha value is -1.26. The van der Waals surface area contributed by atoms with Gasteiger partial charge in [0.15, 0.2) is 5.13 Å². The number of nitrogens with two attached hydrogens (primary N) is 2. The number of aromatic nitrogens is 1. The highest BCUT2D eigenvalue weighted by Crippen LogP contribution is 2.32. The van der Waals surface area contributed by atoms with Gasteiger partial charge in [0, 0.05) is 0 Å². The fraction of sp³-hybridized carbons (Fsp3) is 0. The first-order chi connectivity index (χ1) is 6.27. The Labute approximate surface area is 92.2 Å². The number of nitrogen functional groups attached to an aromatic ring is 2. The highest BCUT2D eigenvalue weighted by atomic mass is 35.5. The number of thiazole rings is 1. The van der Waals surface area contributed by atoms with Gasteiger partial charge in [-0.2, -0.15) is 0 Å². The fourth-order valence-corrected chi connectivity index (χ4v) is 1.90. The van der Waals surface area contributed by atoms with E-state index >= 15 is 0 Å². The topological polar surface area (TPSA) is 64.9 Å². The van der Waals surface area contributed by atoms with Gasteiger partial charge < -0.3 is 11.5 Å². The Kier molecular flexibility index (Phi) is 3.33. The summed E-state index contributed by atoms with van der Waals surface area (Å²) in [5.41, 5.74) is 12.3. The van der Waals surface area contributed by atoms with Gasteiger partial charge in [-0.05, 0) is 5.56 Å². The van der Waals surface area contributed by atoms with E-state index in [-0.39, 0.29) is 12.4 Å². The Morgan fingerprint density at radius 2 is 1.71 bits per heavy atom. The molecular weight excluding hydrogens is 218 g/mol. The monoisotopic (exact) mass is 227 g/mol. The molecule has 3 nitrogen and oxygen atoms in total. The molecule has 0 spiro atoms. The van der Waals surface area contributed by atoms with Crippen LogP contribution in [0.3, 0.4) is 0 Å². The fourth-order valence-electron chi connectivity index (χ4n) is 1.15. The van der Waals surface area contributed by atoms with Crippen LogP contribution in [0.4, 0.5) is 10.9 Å². The van der Waals surface area contributed by atoms with E-state index in [0.717, 1.165) is 10.4 Å². The van der Waals surface area contributed by atoms with Crippen molar-refractivity contribution in [3.05, 3.63) is 30.3 Å². The number of rotatable bonds is 1. The lowest BCUT2D eigenvalue weighted by Gasteiger charge is -1.95. The summed E-state index contributed by atoms with van der Waals surface area (Å²) >= 11 is 1.41. The van der Waals surface area contributed by atoms with Crippen LogP contribution in [-0.2, 0) is 0 Å². The van der Waals surface area contributed by atoms with Crippen LogP contribution in [0.25, 0.3) is 10.4 Å². The summed E-state index contributed by atoms with van der Waals surface area (Å²) < 4.78 is 0. The second-order valence-electron chi connectivity index (χ2n) is 2.63. The molecule has 2 aromatic rings. The summed E-state index contributed by atoms with van der Waals surface area (Å²) in [4.78, 5) is 4.90. The normalized spacial score (nSPS) is 9.43. The Morgan fingerprint density at radius 3 is 2.21 bits per heavy atom. The molecule has 0 atom stereocenters. The number of hydrogen-bond donors (Lipinski definition) is 2. The van der Waals surface area contributed by atoms with Gasteiger partial charge in [-0.25, -0.2) is 4.98 Å². The molecule has 0 aliphatic rings. The number of halogens is 1. The van der Waals surface area contributed by atoms with Gasteiger partial charge in [0.2, 0.25) is 0 Å². The standard InChI is InChI=1S/C9H9N3S.ClH/c10-8-7(13-9(11)12-8)6-4-2-1-3-5-6;/h1-5H,10H2,(H2,11,12);1H. The molecule has 74 valence electrons. The average molecular weight is 228 g/mol. The summed E-state index contributed by atoms with van der Waals surface area (Å²) in [6.45, 7) is 0. The van der Waals surface area contributed by atoms with Gasteiger partial charge in [0.1, 0.15) is 5.82 Å². The number of nitrogens with zero attached hydrogens (tertiary/aromatic N) is 1. The molecule has 0 saturated carbocycles. The Bertz CT molecular complexity index is 413. The van der Waals surface area contributed by atoms with Crippen molar-refractivity contribution in [3.63, 3.8) is 0 Å². The first-order valence-corrected chi connectivity index (χ1v) is 4.66. The van der Waals surface area contributed by atoms with Crippen LogP contribution in [0.5, 0.6) is 0 Å². The van der Waals surface area contributed by atoms with Crippen molar-refractivity contribution < 1.29 is 0 Å². The first-order valence-electron chi connectivity index (χ1n) is 3.84. The SMILES string of the molecule is Cl.Nc1nc(N)c(-c2ccccc2)s1. The van der Waals surface area contributed by atoms with Gasteiger partial charge in [-0.1, -0.05) is 41.7 Å². The van der Waals surface area contributed by atoms with E-state index in [4.69, 9.17) is 11.5 Å². The summed E-state index contributed by atoms with van der Waals surface area (Å²) in [6, 6.07) is 9.87. The summed E-state index contributed by atoms with van der Waals surface area (Å²) in [6.07, 6.45) is 0. The van der Waals surface area contributed by atoms with Crippen molar-refractivity contribution in [1.29, 1.82) is 0 Å². The minimum atomic E-state index is 0. The molecule has 0 unspecified atom stereocenters. The maximum atomic E-state index is 5.69. The quantitative estimate of drug-likeness (QED) is 0.786. The second-order valence-corrected chi connectivity index (χ2v) is 3.66. The molecule has 1 aromatic heterocycles. The summed E-state index contributed by atoms with van der Waals surface area (Å²) in [5.74, 6) is 0.508. The predicted octanol–water partition coefficient (Wildman–Crippen LogP) is 2.40. The molecule has 0 fully saturated rings. The van der Waals surface area contributed by atoms with E-state index in [2.05, 4.69) is 4.98 Å². The zero-order valence-corrected chi connectivity index (χ0v) is 8.94. The summed E-state index contributed by atoms with van der Waals surface area (Å²) in [5, 5.41) is 0.511. The largest absolute Gasteiger partial charge is 0.382 e. The minimum absolute atomic E-state index is 0. The van der Waals surface area contributed by atoms with Crippen LogP contribution in [0.2, 0.25) is 0 Å². The van der Waals surface area contributed by atoms with Crippen LogP contribution in [0.15, 0.2) is 30.3 Å². The van der Waals surface area contributed by atoms with Crippen LogP contribution < -0.4 is 11.5 Å². The molecule has 1 heterocycles. The van der Waals surface area contributed by atoms with Crippen molar-refractivity contribution in [2.75, 3.05) is 11.5 Å². The maximum absolute atomic E-state index is 5.69. The predicted molar refractivity (Wildman–Crippen MR) is 63.6 cm³/mol. The highest BCUT2D eigenvalue weighted by molar-refractivity contribution is 7.19. The van der Waals surface area contributed by atoms with Crippen molar-refractivity contribution in [2.45, 2.75) is 0 Å². The third-order valence-electron chi connectivity index (χ3n) is 1.71. The minimum Gasteiger partial charge on any atom is -0.382 e. The van der Waals surface area contributed by atoms with E-state index in [1.54, 1.807) is 0 Å². The Balaban J connectivity index is 0.000000980. The molecule has 1 aromatic carbocycles. The molecule has 0 saturated heterocycles. The third kappa shape index (κ3) is 1.97. The molecule has 0 amide bonds. The number of anilines is 2. The van der Waals surface area contributed by atoms with Gasteiger partial charge in [0.25, 0.3) is 0 Å². The van der Waals surface area contributed by atoms with Gasteiger partial charge in [0.05, 0.1) is 4.88 Å². The second kappa shape index (κ2) is 4.30. The van der Waals surface area contributed by atoms with Crippen molar-refractivity contribution in [1.82, 2.24) is 4.98 Å². The Morgan fingerprint density at radius 1 is 1.07 bits per heavy atom. The third-order valence-corrected chi connectivity index (χ3v) is 2.66. The lowest BCUT2D eigenvalue weighted by molar-refractivity contribution is 1.43. The van der Waals surface area contributed by atoms with Crippen molar-refractivity contribution >= 4 is 34.7 Å². The zero-order valence-electron chi connectivity index (χ0n) is 7.31. The van der Waals surface area contributed by atoms with Crippen molar-refractivity contribution in [2.24, 2.45) is 0 Å². The lowest BCUT2D eigenvalue weighted by atomic mass is 10.2. The van der Waals surface area contributed by atoms with Gasteiger partial charge in [-0.15, -0.1) is 12.4 Å². The molecule has 4 N–H and O–H groups in total. The van der Waals surface area contributed by atoms with Crippen LogP contribution in [0, 0.1) is 0 Å². The molecule has 5 heteroatoms. The van der Waals surface area contributed by atoms with Crippen LogP contribution >= 0.6 is 23.7 Å². The van der Waals surface area contributed by atoms with E-state index in [1.165, 1.54) is 11.3 Å². The molecule has 0 aliphatic heterocycles. The van der Waals surface area contributed by atoms with E-state index in [9.17, 15) is 0 Å². The molecule has 0 aliphatic carbocycles. The molecule has 14 heavy (non-hydrogen) atoms. The molecule has 0 radical (unpaired) electrons. The van der Waals surface area contributed by atoms with Crippen LogP contribution in [0.1, 0.15) is 0 Å². The van der Waals surface area contributed by atoms with E-state index in [0.29, 0.717) is 10.9 Å². The van der Waals surface area contributed by atoms with Crippen molar-refractivity contribution in [3.8, 4) is 10.4 Å². The molecular formula is C9H10ClN3S. The van der Waals surface area contributed by atoms with Crippen LogP contribution in [-0.4, -0.2) is 4.98 Å². The van der Waals surface area contributed by atoms with E-state index in [1.807, 2.05) is 30.3 Å². The number of benzene rings is 1. The molecule has 0 bridgehead atoms. The van der Waals surface area contributed by atoms with Gasteiger partial charge >= 0.3 is 0 Å². The lowest BCUT2D eigenvalue weighted by Crippen LogP contribution is -1.88. The smallest absolute Gasteiger partial charge is 0.182 e. The number of hydrogen-bond acceptors (Lipinski definition) is 4. The highest BCUT2D eigenvalue weighted by Gasteiger charge is 2.07. The average Bonchev–Trinajstić information content (AvgIpc) is 2.47.